The summed E-state index contributed by atoms with van der Waals surface area (Å²) in [5, 5.41) is 1.45. The summed E-state index contributed by atoms with van der Waals surface area (Å²) in [6.07, 6.45) is 0. The number of ether oxygens (including phenoxy) is 6. The van der Waals surface area contributed by atoms with Crippen LogP contribution in [0.5, 0.6) is 23.0 Å². The van der Waals surface area contributed by atoms with Crippen LogP contribution in [0, 0.1) is 0 Å². The van der Waals surface area contributed by atoms with Crippen molar-refractivity contribution < 1.29 is 42.8 Å². The second-order valence-corrected chi connectivity index (χ2v) is 7.03. The minimum absolute atomic E-state index is 0.0391. The van der Waals surface area contributed by atoms with Gasteiger partial charge < -0.3 is 33.3 Å². The van der Waals surface area contributed by atoms with E-state index >= 15 is 0 Å². The third-order valence-corrected chi connectivity index (χ3v) is 5.33. The molecule has 0 amide bonds. The van der Waals surface area contributed by atoms with Crippen molar-refractivity contribution in [2.75, 3.05) is 42.7 Å². The Morgan fingerprint density at radius 2 is 1.38 bits per heavy atom. The van der Waals surface area contributed by atoms with Crippen LogP contribution >= 0.6 is 0 Å². The average molecular weight is 473 g/mol. The van der Waals surface area contributed by atoms with Gasteiger partial charge in [0.25, 0.3) is 0 Å². The molecule has 34 heavy (non-hydrogen) atoms. The van der Waals surface area contributed by atoms with Crippen LogP contribution in [0.15, 0.2) is 47.7 Å². The fraction of sp³-hybridized carbons (Fsp3) is 0.333. The molecule has 2 aromatic rings. The highest BCUT2D eigenvalue weighted by molar-refractivity contribution is 6.00. The first kappa shape index (κ1) is 24.7. The lowest BCUT2D eigenvalue weighted by Crippen LogP contribution is -2.27. The molecule has 10 heteroatoms. The second kappa shape index (κ2) is 10.8. The molecule has 1 unspecified atom stereocenters. The first-order valence-corrected chi connectivity index (χ1v) is 10.2. The smallest absolute Gasteiger partial charge is 0.376 e. The molecule has 3 rings (SSSR count). The minimum atomic E-state index is -0.900. The molecule has 0 bridgehead atoms. The molecular weight excluding hydrogens is 446 g/mol. The van der Waals surface area contributed by atoms with Gasteiger partial charge in [0.05, 0.1) is 49.2 Å². The standard InChI is InChI=1S/C24H27NO9/c1-28-16-11-7-9-14(20(16)30-3)13-25-19(15-10-8-12-17(29-2)21(15)31-4)18(23(26)32-5)22(34-25)24(27)33-6/h7-12,19H,13H2,1-6H3. The lowest BCUT2D eigenvalue weighted by atomic mass is 9.96. The minimum Gasteiger partial charge on any atom is -0.493 e. The van der Waals surface area contributed by atoms with Gasteiger partial charge in [0.15, 0.2) is 23.0 Å². The van der Waals surface area contributed by atoms with Gasteiger partial charge in [-0.05, 0) is 12.1 Å². The molecular formula is C24H27NO9. The molecule has 0 spiro atoms. The van der Waals surface area contributed by atoms with E-state index in [-0.39, 0.29) is 17.9 Å². The number of hydrogen-bond acceptors (Lipinski definition) is 10. The molecule has 1 aliphatic rings. The molecule has 2 aromatic carbocycles. The zero-order valence-corrected chi connectivity index (χ0v) is 19.9. The first-order chi connectivity index (χ1) is 16.4. The zero-order chi connectivity index (χ0) is 24.8. The molecule has 182 valence electrons. The van der Waals surface area contributed by atoms with E-state index in [0.717, 1.165) is 0 Å². The topological polar surface area (TPSA) is 102 Å². The van der Waals surface area contributed by atoms with Crippen molar-refractivity contribution in [2.24, 2.45) is 0 Å². The fourth-order valence-corrected chi connectivity index (χ4v) is 3.85. The lowest BCUT2D eigenvalue weighted by Gasteiger charge is -2.27. The highest BCUT2D eigenvalue weighted by Gasteiger charge is 2.46. The molecule has 1 aliphatic heterocycles. The van der Waals surface area contributed by atoms with E-state index in [2.05, 4.69) is 0 Å². The number of para-hydroxylation sites is 2. The van der Waals surface area contributed by atoms with E-state index in [0.29, 0.717) is 34.1 Å². The van der Waals surface area contributed by atoms with Gasteiger partial charge in [-0.1, -0.05) is 24.3 Å². The Morgan fingerprint density at radius 3 is 1.94 bits per heavy atom. The number of nitrogens with zero attached hydrogens (tertiary/aromatic N) is 1. The van der Waals surface area contributed by atoms with Gasteiger partial charge in [0.1, 0.15) is 11.6 Å². The maximum atomic E-state index is 12.9. The van der Waals surface area contributed by atoms with E-state index in [1.54, 1.807) is 30.3 Å². The largest absolute Gasteiger partial charge is 0.493 e. The van der Waals surface area contributed by atoms with Crippen molar-refractivity contribution in [1.29, 1.82) is 0 Å². The Hall–Kier alpha value is -3.92. The molecule has 0 saturated heterocycles. The third kappa shape index (κ3) is 4.44. The molecule has 0 N–H and O–H groups in total. The number of benzene rings is 2. The van der Waals surface area contributed by atoms with Gasteiger partial charge in [-0.3, -0.25) is 0 Å². The van der Waals surface area contributed by atoms with Crippen LogP contribution in [0.4, 0.5) is 0 Å². The first-order valence-electron chi connectivity index (χ1n) is 10.2. The van der Waals surface area contributed by atoms with Crippen LogP contribution in [-0.2, 0) is 30.4 Å². The highest BCUT2D eigenvalue weighted by atomic mass is 16.7. The number of carbonyl (C=O) groups is 2. The summed E-state index contributed by atoms with van der Waals surface area (Å²) in [6.45, 7) is 0.104. The molecule has 1 atom stereocenters. The maximum Gasteiger partial charge on any atom is 0.376 e. The van der Waals surface area contributed by atoms with Crippen molar-refractivity contribution in [3.05, 3.63) is 58.9 Å². The Kier molecular flexibility index (Phi) is 7.85. The molecule has 10 nitrogen and oxygen atoms in total. The number of carbonyl (C=O) groups excluding carboxylic acids is 2. The molecule has 0 aromatic heterocycles. The molecule has 0 saturated carbocycles. The average Bonchev–Trinajstić information content (AvgIpc) is 3.25. The van der Waals surface area contributed by atoms with Crippen molar-refractivity contribution in [2.45, 2.75) is 12.6 Å². The Balaban J connectivity index is 2.21. The monoisotopic (exact) mass is 473 g/mol. The summed E-state index contributed by atoms with van der Waals surface area (Å²) >= 11 is 0. The molecule has 0 fully saturated rings. The maximum absolute atomic E-state index is 12.9. The number of hydroxylamine groups is 2. The Labute approximate surface area is 197 Å². The van der Waals surface area contributed by atoms with Crippen LogP contribution in [0.1, 0.15) is 17.2 Å². The van der Waals surface area contributed by atoms with E-state index in [1.807, 2.05) is 6.07 Å². The van der Waals surface area contributed by atoms with Crippen LogP contribution in [0.2, 0.25) is 0 Å². The third-order valence-electron chi connectivity index (χ3n) is 5.33. The summed E-state index contributed by atoms with van der Waals surface area (Å²) in [5.74, 6) is -0.0580. The zero-order valence-electron chi connectivity index (χ0n) is 19.9. The van der Waals surface area contributed by atoms with Crippen molar-refractivity contribution >= 4 is 11.9 Å². The van der Waals surface area contributed by atoms with Crippen molar-refractivity contribution in [3.63, 3.8) is 0 Å². The summed E-state index contributed by atoms with van der Waals surface area (Å²) < 4.78 is 31.8. The number of rotatable bonds is 9. The Morgan fingerprint density at radius 1 is 0.794 bits per heavy atom. The Bertz CT molecular complexity index is 1100. The number of methoxy groups -OCH3 is 6. The quantitative estimate of drug-likeness (QED) is 0.505. The fourth-order valence-electron chi connectivity index (χ4n) is 3.85. The predicted octanol–water partition coefficient (Wildman–Crippen LogP) is 2.81. The molecule has 0 aliphatic carbocycles. The van der Waals surface area contributed by atoms with E-state index in [4.69, 9.17) is 33.3 Å². The van der Waals surface area contributed by atoms with Crippen molar-refractivity contribution in [1.82, 2.24) is 5.06 Å². The van der Waals surface area contributed by atoms with Gasteiger partial charge in [0, 0.05) is 11.1 Å². The summed E-state index contributed by atoms with van der Waals surface area (Å²) in [6, 6.07) is 9.68. The van der Waals surface area contributed by atoms with Crippen LogP contribution in [0.3, 0.4) is 0 Å². The van der Waals surface area contributed by atoms with E-state index < -0.39 is 18.0 Å². The number of hydrogen-bond donors (Lipinski definition) is 0. The summed E-state index contributed by atoms with van der Waals surface area (Å²) in [7, 11) is 8.45. The van der Waals surface area contributed by atoms with Crippen LogP contribution < -0.4 is 18.9 Å². The SMILES string of the molecule is COC(=O)C1=C(C(=O)OC)C(c2cccc(OC)c2OC)N(Cc2cccc(OC)c2OC)O1. The predicted molar refractivity (Wildman–Crippen MR) is 120 cm³/mol. The highest BCUT2D eigenvalue weighted by Crippen LogP contribution is 2.46. The van der Waals surface area contributed by atoms with E-state index in [9.17, 15) is 9.59 Å². The van der Waals surface area contributed by atoms with Crippen LogP contribution in [-0.4, -0.2) is 59.7 Å². The van der Waals surface area contributed by atoms with Gasteiger partial charge in [-0.2, -0.15) is 0 Å². The second-order valence-electron chi connectivity index (χ2n) is 7.03. The molecule has 0 radical (unpaired) electrons. The molecule has 1 heterocycles. The lowest BCUT2D eigenvalue weighted by molar-refractivity contribution is -0.160. The summed E-state index contributed by atoms with van der Waals surface area (Å²) in [5.41, 5.74) is 1.16. The van der Waals surface area contributed by atoms with E-state index in [1.165, 1.54) is 47.7 Å². The van der Waals surface area contributed by atoms with Gasteiger partial charge in [-0.15, -0.1) is 5.06 Å². The van der Waals surface area contributed by atoms with Gasteiger partial charge in [0.2, 0.25) is 5.76 Å². The normalized spacial score (nSPS) is 15.4. The van der Waals surface area contributed by atoms with Crippen molar-refractivity contribution in [3.8, 4) is 23.0 Å². The summed E-state index contributed by atoms with van der Waals surface area (Å²) in [4.78, 5) is 31.4. The van der Waals surface area contributed by atoms with Gasteiger partial charge >= 0.3 is 11.9 Å². The van der Waals surface area contributed by atoms with Gasteiger partial charge in [-0.25, -0.2) is 9.59 Å². The number of esters is 2. The van der Waals surface area contributed by atoms with Crippen LogP contribution in [0.25, 0.3) is 0 Å².